The van der Waals surface area contributed by atoms with E-state index < -0.39 is 0 Å². The lowest BCUT2D eigenvalue weighted by atomic mass is 9.89. The van der Waals surface area contributed by atoms with Crippen molar-refractivity contribution < 1.29 is 8.83 Å². The SMILES string of the molecule is c1ccc(-c2cccc(-c3nc(-c4ccccc4)nc(-c4cccc(-c5ccc6cc(-c7cc8cccc(-c9ccc(-c%10nc(-c%11ccccc%11)nc(-c%11ccccc%11)n%10)cc9)c8c8oc9ccccc9c78)c7oc8ccccc8c7c6c5)c4)n3)c2)cc1. The molecule has 17 aromatic rings. The van der Waals surface area contributed by atoms with Gasteiger partial charge in [-0.3, -0.25) is 0 Å². The molecule has 8 nitrogen and oxygen atoms in total. The first-order valence-corrected chi connectivity index (χ1v) is 29.4. The summed E-state index contributed by atoms with van der Waals surface area (Å²) in [5, 5.41) is 8.38. The summed E-state index contributed by atoms with van der Waals surface area (Å²) >= 11 is 0. The molecule has 4 heterocycles. The summed E-state index contributed by atoms with van der Waals surface area (Å²) in [6.45, 7) is 0. The molecule has 0 amide bonds. The van der Waals surface area contributed by atoms with Crippen molar-refractivity contribution >= 4 is 65.4 Å². The molecule has 0 bridgehead atoms. The van der Waals surface area contributed by atoms with Crippen LogP contribution in [0.3, 0.4) is 0 Å². The van der Waals surface area contributed by atoms with Crippen LogP contribution in [0.25, 0.3) is 178 Å². The van der Waals surface area contributed by atoms with E-state index in [-0.39, 0.29) is 0 Å². The number of fused-ring (bicyclic) bond motifs is 10. The zero-order valence-corrected chi connectivity index (χ0v) is 47.2. The van der Waals surface area contributed by atoms with Crippen LogP contribution < -0.4 is 0 Å². The number of benzene rings is 13. The normalized spacial score (nSPS) is 11.6. The maximum Gasteiger partial charge on any atom is 0.164 e. The second-order valence-corrected chi connectivity index (χ2v) is 22.1. The molecule has 0 aliphatic rings. The van der Waals surface area contributed by atoms with Crippen molar-refractivity contribution in [2.45, 2.75) is 0 Å². The van der Waals surface area contributed by atoms with Crippen molar-refractivity contribution in [1.29, 1.82) is 0 Å². The van der Waals surface area contributed by atoms with Crippen molar-refractivity contribution in [2.75, 3.05) is 0 Å². The third-order valence-electron chi connectivity index (χ3n) is 16.7. The zero-order valence-electron chi connectivity index (χ0n) is 47.2. The molecule has 88 heavy (non-hydrogen) atoms. The molecule has 0 aliphatic carbocycles. The lowest BCUT2D eigenvalue weighted by Crippen LogP contribution is -2.00. The Hall–Kier alpha value is -12.0. The molecule has 0 aliphatic heterocycles. The van der Waals surface area contributed by atoms with Gasteiger partial charge in [0, 0.05) is 65.9 Å². The largest absolute Gasteiger partial charge is 0.455 e. The lowest BCUT2D eigenvalue weighted by molar-refractivity contribution is 0.670. The Morgan fingerprint density at radius 2 is 0.580 bits per heavy atom. The van der Waals surface area contributed by atoms with Crippen LogP contribution in [0.1, 0.15) is 0 Å². The number of para-hydroxylation sites is 2. The molecule has 8 heteroatoms. The highest BCUT2D eigenvalue weighted by molar-refractivity contribution is 6.29. The maximum atomic E-state index is 7.08. The van der Waals surface area contributed by atoms with Crippen molar-refractivity contribution in [2.24, 2.45) is 0 Å². The monoisotopic (exact) mass is 1120 g/mol. The highest BCUT2D eigenvalue weighted by Gasteiger charge is 2.24. The van der Waals surface area contributed by atoms with E-state index in [1.807, 2.05) is 109 Å². The van der Waals surface area contributed by atoms with Crippen molar-refractivity contribution in [3.8, 4) is 113 Å². The average Bonchev–Trinajstić information content (AvgIpc) is 2.09. The molecule has 0 N–H and O–H groups in total. The van der Waals surface area contributed by atoms with Crippen LogP contribution in [-0.4, -0.2) is 29.9 Å². The Labute approximate surface area is 505 Å². The highest BCUT2D eigenvalue weighted by atomic mass is 16.3. The zero-order chi connectivity index (χ0) is 58.1. The van der Waals surface area contributed by atoms with Crippen molar-refractivity contribution in [1.82, 2.24) is 29.9 Å². The Bertz CT molecular complexity index is 5490. The van der Waals surface area contributed by atoms with E-state index in [0.717, 1.165) is 143 Å². The summed E-state index contributed by atoms with van der Waals surface area (Å²) in [7, 11) is 0. The molecule has 0 spiro atoms. The lowest BCUT2D eigenvalue weighted by Gasteiger charge is -2.14. The Morgan fingerprint density at radius 3 is 1.14 bits per heavy atom. The minimum Gasteiger partial charge on any atom is -0.455 e. The summed E-state index contributed by atoms with van der Waals surface area (Å²) in [6.07, 6.45) is 0. The van der Waals surface area contributed by atoms with Gasteiger partial charge in [-0.25, -0.2) is 29.9 Å². The summed E-state index contributed by atoms with van der Waals surface area (Å²) in [5.41, 5.74) is 17.1. The topological polar surface area (TPSA) is 104 Å². The summed E-state index contributed by atoms with van der Waals surface area (Å²) < 4.78 is 14.2. The molecule has 0 fully saturated rings. The van der Waals surface area contributed by atoms with Crippen LogP contribution >= 0.6 is 0 Å². The predicted molar refractivity (Wildman–Crippen MR) is 357 cm³/mol. The predicted octanol–water partition coefficient (Wildman–Crippen LogP) is 20.8. The van der Waals surface area contributed by atoms with Crippen molar-refractivity contribution in [3.05, 3.63) is 291 Å². The number of hydrogen-bond donors (Lipinski definition) is 0. The number of furan rings is 2. The van der Waals surface area contributed by atoms with E-state index in [0.29, 0.717) is 34.9 Å². The number of hydrogen-bond acceptors (Lipinski definition) is 8. The van der Waals surface area contributed by atoms with Crippen LogP contribution in [0, 0.1) is 0 Å². The first-order chi connectivity index (χ1) is 43.6. The summed E-state index contributed by atoms with van der Waals surface area (Å²) in [4.78, 5) is 30.4. The molecule has 0 unspecified atom stereocenters. The fourth-order valence-corrected chi connectivity index (χ4v) is 12.5. The van der Waals surface area contributed by atoms with Crippen LogP contribution in [0.2, 0.25) is 0 Å². The van der Waals surface area contributed by atoms with Gasteiger partial charge >= 0.3 is 0 Å². The van der Waals surface area contributed by atoms with Crippen LogP contribution in [0.5, 0.6) is 0 Å². The minimum atomic E-state index is 0.592. The average molecular weight is 1130 g/mol. The molecule has 0 saturated heterocycles. The second-order valence-electron chi connectivity index (χ2n) is 22.1. The van der Waals surface area contributed by atoms with E-state index in [2.05, 4.69) is 182 Å². The maximum absolute atomic E-state index is 7.08. The summed E-state index contributed by atoms with van der Waals surface area (Å²) in [5.74, 6) is 3.65. The van der Waals surface area contributed by atoms with Crippen LogP contribution in [0.15, 0.2) is 300 Å². The minimum absolute atomic E-state index is 0.592. The van der Waals surface area contributed by atoms with Crippen molar-refractivity contribution in [3.63, 3.8) is 0 Å². The van der Waals surface area contributed by atoms with E-state index in [1.165, 1.54) is 0 Å². The van der Waals surface area contributed by atoms with Crippen LogP contribution in [-0.2, 0) is 0 Å². The fourth-order valence-electron chi connectivity index (χ4n) is 12.5. The first kappa shape index (κ1) is 50.5. The molecule has 0 radical (unpaired) electrons. The van der Waals surface area contributed by atoms with Gasteiger partial charge in [0.1, 0.15) is 22.3 Å². The van der Waals surface area contributed by atoms with Crippen LogP contribution in [0.4, 0.5) is 0 Å². The van der Waals surface area contributed by atoms with E-state index in [4.69, 9.17) is 38.7 Å². The Balaban J connectivity index is 0.787. The molecular formula is C80H48N6O2. The standard InChI is InChI=1S/C80H48N6O2/c1-5-20-49(21-6-1)55-28-17-31-60(44-55)79-84-77(53-26-11-4-12-27-53)85-80(86-79)61-32-18-29-56(45-61)57-42-43-58-47-67(73-71(65(58)46-57)63-33-13-15-36-68(63)87-73)66-48-59-30-19-35-62(70(59)74-72(66)64-34-14-16-37-69(64)88-74)50-38-40-54(41-39-50)78-82-75(51-22-7-2-8-23-51)81-76(83-78)52-24-9-3-10-25-52/h1-48H. The van der Waals surface area contributed by atoms with Gasteiger partial charge in [-0.2, -0.15) is 0 Å². The number of nitrogens with zero attached hydrogens (tertiary/aromatic N) is 6. The smallest absolute Gasteiger partial charge is 0.164 e. The second kappa shape index (κ2) is 21.0. The molecular weight excluding hydrogens is 1080 g/mol. The van der Waals surface area contributed by atoms with Gasteiger partial charge in [0.2, 0.25) is 0 Å². The Kier molecular flexibility index (Phi) is 12.0. The van der Waals surface area contributed by atoms with E-state index in [1.54, 1.807) is 0 Å². The number of rotatable bonds is 10. The van der Waals surface area contributed by atoms with Gasteiger partial charge in [0.05, 0.1) is 0 Å². The van der Waals surface area contributed by atoms with E-state index in [9.17, 15) is 0 Å². The third kappa shape index (κ3) is 8.86. The molecule has 410 valence electrons. The first-order valence-electron chi connectivity index (χ1n) is 29.4. The molecule has 17 rings (SSSR count). The summed E-state index contributed by atoms with van der Waals surface area (Å²) in [6, 6.07) is 101. The molecule has 13 aromatic carbocycles. The highest BCUT2D eigenvalue weighted by Crippen LogP contribution is 2.49. The molecule has 4 aromatic heterocycles. The third-order valence-corrected chi connectivity index (χ3v) is 16.7. The van der Waals surface area contributed by atoms with E-state index >= 15 is 0 Å². The van der Waals surface area contributed by atoms with Gasteiger partial charge in [-0.15, -0.1) is 0 Å². The van der Waals surface area contributed by atoms with Gasteiger partial charge in [0.15, 0.2) is 34.9 Å². The van der Waals surface area contributed by atoms with Gasteiger partial charge in [-0.1, -0.05) is 249 Å². The Morgan fingerprint density at radius 1 is 0.193 bits per heavy atom. The van der Waals surface area contributed by atoms with Gasteiger partial charge in [0.25, 0.3) is 0 Å². The number of aromatic nitrogens is 6. The molecule has 0 saturated carbocycles. The van der Waals surface area contributed by atoms with Gasteiger partial charge < -0.3 is 8.83 Å². The molecule has 0 atom stereocenters. The fraction of sp³-hybridized carbons (Fsp3) is 0. The quantitative estimate of drug-likeness (QED) is 0.133. The van der Waals surface area contributed by atoms with Gasteiger partial charge in [-0.05, 0) is 97.6 Å².